The van der Waals surface area contributed by atoms with E-state index in [0.29, 0.717) is 19.5 Å². The molecule has 3 rings (SSSR count). The van der Waals surface area contributed by atoms with Crippen molar-refractivity contribution in [3.05, 3.63) is 30.3 Å². The van der Waals surface area contributed by atoms with Crippen LogP contribution in [-0.2, 0) is 19.6 Å². The molecule has 0 aliphatic carbocycles. The van der Waals surface area contributed by atoms with Crippen LogP contribution in [0.25, 0.3) is 0 Å². The Balaban J connectivity index is 1.95. The average Bonchev–Trinajstić information content (AvgIpc) is 3.03. The molecular weight excluding hydrogens is 342 g/mol. The summed E-state index contributed by atoms with van der Waals surface area (Å²) in [5.74, 6) is -0.314. The van der Waals surface area contributed by atoms with Crippen molar-refractivity contribution in [2.24, 2.45) is 0 Å². The number of nitrogens with zero attached hydrogens (tertiary/aromatic N) is 3. The van der Waals surface area contributed by atoms with Crippen LogP contribution < -0.4 is 4.90 Å². The zero-order chi connectivity index (χ0) is 18.2. The highest BCUT2D eigenvalue weighted by Crippen LogP contribution is 2.35. The molecule has 2 fully saturated rings. The Hall–Kier alpha value is -1.93. The first-order valence-corrected chi connectivity index (χ1v) is 10.0. The number of hydrogen-bond acceptors (Lipinski definition) is 4. The summed E-state index contributed by atoms with van der Waals surface area (Å²) < 4.78 is 26.0. The quantitative estimate of drug-likeness (QED) is 0.789. The van der Waals surface area contributed by atoms with Crippen LogP contribution in [0.15, 0.2) is 30.3 Å². The van der Waals surface area contributed by atoms with Crippen LogP contribution >= 0.6 is 0 Å². The van der Waals surface area contributed by atoms with Crippen molar-refractivity contribution < 1.29 is 18.0 Å². The van der Waals surface area contributed by atoms with E-state index in [0.717, 1.165) is 5.69 Å². The Labute approximate surface area is 148 Å². The zero-order valence-corrected chi connectivity index (χ0v) is 15.3. The van der Waals surface area contributed by atoms with Gasteiger partial charge in [0.15, 0.2) is 0 Å². The van der Waals surface area contributed by atoms with Crippen molar-refractivity contribution in [2.45, 2.75) is 25.8 Å². The van der Waals surface area contributed by atoms with Gasteiger partial charge in [0.25, 0.3) is 0 Å². The van der Waals surface area contributed by atoms with Gasteiger partial charge >= 0.3 is 0 Å². The van der Waals surface area contributed by atoms with Crippen LogP contribution in [0.1, 0.15) is 20.3 Å². The fourth-order valence-electron chi connectivity index (χ4n) is 3.73. The minimum atomic E-state index is -3.33. The summed E-state index contributed by atoms with van der Waals surface area (Å²) in [5, 5.41) is 0. The second-order valence-corrected chi connectivity index (χ2v) is 8.89. The summed E-state index contributed by atoms with van der Waals surface area (Å²) in [6, 6.07) is 9.29. The number of sulfonamides is 1. The van der Waals surface area contributed by atoms with E-state index in [4.69, 9.17) is 0 Å². The number of rotatable bonds is 3. The monoisotopic (exact) mass is 365 g/mol. The SMILES string of the molecule is CCS(=O)(=O)N1CC[C@@]2(CN(c3ccccc3)C(=O)CN2C(C)=O)C1. The van der Waals surface area contributed by atoms with Crippen molar-refractivity contribution in [3.8, 4) is 0 Å². The number of anilines is 1. The van der Waals surface area contributed by atoms with Crippen LogP contribution in [-0.4, -0.2) is 66.9 Å². The lowest BCUT2D eigenvalue weighted by molar-refractivity contribution is -0.142. The Kier molecular flexibility index (Phi) is 4.59. The van der Waals surface area contributed by atoms with Gasteiger partial charge in [0.05, 0.1) is 17.8 Å². The lowest BCUT2D eigenvalue weighted by Gasteiger charge is -2.48. The van der Waals surface area contributed by atoms with Gasteiger partial charge in [0, 0.05) is 25.7 Å². The zero-order valence-electron chi connectivity index (χ0n) is 14.5. The summed E-state index contributed by atoms with van der Waals surface area (Å²) in [6.45, 7) is 3.94. The van der Waals surface area contributed by atoms with Crippen molar-refractivity contribution in [1.82, 2.24) is 9.21 Å². The first-order chi connectivity index (χ1) is 11.8. The predicted molar refractivity (Wildman–Crippen MR) is 94.6 cm³/mol. The van der Waals surface area contributed by atoms with Crippen molar-refractivity contribution in [1.29, 1.82) is 0 Å². The van der Waals surface area contributed by atoms with Crippen LogP contribution in [0.4, 0.5) is 5.69 Å². The van der Waals surface area contributed by atoms with E-state index in [1.165, 1.54) is 11.2 Å². The van der Waals surface area contributed by atoms with Gasteiger partial charge in [-0.15, -0.1) is 0 Å². The number of carbonyl (C=O) groups is 2. The van der Waals surface area contributed by atoms with E-state index in [1.807, 2.05) is 30.3 Å². The van der Waals surface area contributed by atoms with Gasteiger partial charge in [0.1, 0.15) is 6.54 Å². The van der Waals surface area contributed by atoms with Crippen molar-refractivity contribution in [2.75, 3.05) is 36.8 Å². The third-order valence-electron chi connectivity index (χ3n) is 5.12. The number of benzene rings is 1. The molecule has 0 saturated carbocycles. The fraction of sp³-hybridized carbons (Fsp3) is 0.529. The van der Waals surface area contributed by atoms with E-state index < -0.39 is 15.6 Å². The molecule has 0 unspecified atom stereocenters. The maximum atomic E-state index is 12.6. The van der Waals surface area contributed by atoms with E-state index >= 15 is 0 Å². The van der Waals surface area contributed by atoms with Gasteiger partial charge in [-0.05, 0) is 25.5 Å². The number of carbonyl (C=O) groups excluding carboxylic acids is 2. The van der Waals surface area contributed by atoms with Gasteiger partial charge in [-0.25, -0.2) is 8.42 Å². The second-order valence-electron chi connectivity index (χ2n) is 6.63. The largest absolute Gasteiger partial charge is 0.325 e. The van der Waals surface area contributed by atoms with Gasteiger partial charge in [-0.2, -0.15) is 4.31 Å². The fourth-order valence-corrected chi connectivity index (χ4v) is 4.90. The van der Waals surface area contributed by atoms with Crippen LogP contribution in [0.2, 0.25) is 0 Å². The minimum absolute atomic E-state index is 0.0236. The molecular formula is C17H23N3O4S. The maximum absolute atomic E-state index is 12.6. The first kappa shape index (κ1) is 17.9. The van der Waals surface area contributed by atoms with E-state index in [1.54, 1.807) is 16.7 Å². The van der Waals surface area contributed by atoms with Gasteiger partial charge in [-0.3, -0.25) is 9.59 Å². The average molecular weight is 365 g/mol. The molecule has 2 heterocycles. The molecule has 25 heavy (non-hydrogen) atoms. The van der Waals surface area contributed by atoms with Crippen molar-refractivity contribution in [3.63, 3.8) is 0 Å². The highest BCUT2D eigenvalue weighted by Gasteiger charge is 2.52. The topological polar surface area (TPSA) is 78.0 Å². The molecule has 0 radical (unpaired) electrons. The standard InChI is InChI=1S/C17H23N3O4S/c1-3-25(23,24)18-10-9-17(12-18)13-19(15-7-5-4-6-8-15)16(22)11-20(17)14(2)21/h4-8H,3,9-13H2,1-2H3/t17-/m0/s1. The lowest BCUT2D eigenvalue weighted by atomic mass is 9.92. The van der Waals surface area contributed by atoms with E-state index in [9.17, 15) is 18.0 Å². The molecule has 1 spiro atoms. The minimum Gasteiger partial charge on any atom is -0.325 e. The molecule has 1 aromatic rings. The Morgan fingerprint density at radius 2 is 1.88 bits per heavy atom. The molecule has 7 nitrogen and oxygen atoms in total. The third-order valence-corrected chi connectivity index (χ3v) is 6.95. The normalized spacial score (nSPS) is 25.0. The molecule has 1 aromatic carbocycles. The predicted octanol–water partition coefficient (Wildman–Crippen LogP) is 0.676. The Morgan fingerprint density at radius 3 is 2.48 bits per heavy atom. The van der Waals surface area contributed by atoms with Gasteiger partial charge in [-0.1, -0.05) is 18.2 Å². The lowest BCUT2D eigenvalue weighted by Crippen LogP contribution is -2.67. The Bertz CT molecular complexity index is 780. The molecule has 0 N–H and O–H groups in total. The summed E-state index contributed by atoms with van der Waals surface area (Å²) in [4.78, 5) is 28.0. The number of piperazine rings is 1. The molecule has 2 aliphatic heterocycles. The first-order valence-electron chi connectivity index (χ1n) is 8.40. The van der Waals surface area contributed by atoms with Crippen LogP contribution in [0, 0.1) is 0 Å². The third kappa shape index (κ3) is 3.16. The number of para-hydroxylation sites is 1. The van der Waals surface area contributed by atoms with Crippen molar-refractivity contribution >= 4 is 27.5 Å². The highest BCUT2D eigenvalue weighted by molar-refractivity contribution is 7.89. The molecule has 2 amide bonds. The summed E-state index contributed by atoms with van der Waals surface area (Å²) >= 11 is 0. The van der Waals surface area contributed by atoms with Gasteiger partial charge < -0.3 is 9.80 Å². The molecule has 2 aliphatic rings. The molecule has 0 aromatic heterocycles. The summed E-state index contributed by atoms with van der Waals surface area (Å²) in [7, 11) is -3.33. The molecule has 0 bridgehead atoms. The summed E-state index contributed by atoms with van der Waals surface area (Å²) in [5.41, 5.74) is 0.101. The number of amides is 2. The highest BCUT2D eigenvalue weighted by atomic mass is 32.2. The summed E-state index contributed by atoms with van der Waals surface area (Å²) in [6.07, 6.45) is 0.530. The Morgan fingerprint density at radius 1 is 1.20 bits per heavy atom. The van der Waals surface area contributed by atoms with Gasteiger partial charge in [0.2, 0.25) is 21.8 Å². The number of hydrogen-bond donors (Lipinski definition) is 0. The molecule has 2 saturated heterocycles. The molecule has 136 valence electrons. The van der Waals surface area contributed by atoms with Crippen LogP contribution in [0.3, 0.4) is 0 Å². The smallest absolute Gasteiger partial charge is 0.246 e. The molecule has 8 heteroatoms. The second kappa shape index (κ2) is 6.42. The van der Waals surface area contributed by atoms with E-state index in [2.05, 4.69) is 0 Å². The van der Waals surface area contributed by atoms with Crippen LogP contribution in [0.5, 0.6) is 0 Å². The maximum Gasteiger partial charge on any atom is 0.246 e. The molecule has 1 atom stereocenters. The van der Waals surface area contributed by atoms with E-state index in [-0.39, 0.29) is 30.7 Å².